The number of hydrogen-bond donors (Lipinski definition) is 2. The number of nitrogens with two attached hydrogens (primary N) is 1. The third kappa shape index (κ3) is 2.37. The van der Waals surface area contributed by atoms with E-state index in [-0.39, 0.29) is 0 Å². The first-order valence-electron chi connectivity index (χ1n) is 5.53. The van der Waals surface area contributed by atoms with Gasteiger partial charge in [0.2, 0.25) is 5.95 Å². The first kappa shape index (κ1) is 10.2. The first-order valence-corrected chi connectivity index (χ1v) is 5.53. The number of nitrogens with zero attached hydrogens (tertiary/aromatic N) is 2. The van der Waals surface area contributed by atoms with Crippen LogP contribution in [0.2, 0.25) is 0 Å². The van der Waals surface area contributed by atoms with Crippen molar-refractivity contribution in [2.75, 3.05) is 11.1 Å². The molecule has 1 aromatic rings. The summed E-state index contributed by atoms with van der Waals surface area (Å²) >= 11 is 0. The highest BCUT2D eigenvalue weighted by Gasteiger charge is 2.23. The zero-order valence-electron chi connectivity index (χ0n) is 9.33. The molecule has 4 nitrogen and oxygen atoms in total. The lowest BCUT2D eigenvalue weighted by Crippen LogP contribution is -2.31. The fourth-order valence-electron chi connectivity index (χ4n) is 1.96. The lowest BCUT2D eigenvalue weighted by atomic mass is 9.80. The summed E-state index contributed by atoms with van der Waals surface area (Å²) in [5, 5.41) is 3.39. The van der Waals surface area contributed by atoms with E-state index in [1.165, 1.54) is 19.3 Å². The summed E-state index contributed by atoms with van der Waals surface area (Å²) in [6, 6.07) is 2.42. The second-order valence-corrected chi connectivity index (χ2v) is 4.38. The molecule has 1 atom stereocenters. The molecule has 3 N–H and O–H groups in total. The highest BCUT2D eigenvalue weighted by atomic mass is 15.1. The highest BCUT2D eigenvalue weighted by molar-refractivity contribution is 5.41. The zero-order valence-corrected chi connectivity index (χ0v) is 9.33. The minimum Gasteiger partial charge on any atom is -0.368 e. The number of rotatable bonds is 3. The van der Waals surface area contributed by atoms with Crippen LogP contribution in [0.3, 0.4) is 0 Å². The molecule has 1 aliphatic carbocycles. The number of aromatic nitrogens is 2. The van der Waals surface area contributed by atoms with E-state index in [2.05, 4.69) is 22.2 Å². The predicted molar refractivity (Wildman–Crippen MR) is 61.6 cm³/mol. The molecule has 4 heteroatoms. The highest BCUT2D eigenvalue weighted by Crippen LogP contribution is 2.30. The Kier molecular flexibility index (Phi) is 2.75. The second kappa shape index (κ2) is 4.04. The largest absolute Gasteiger partial charge is 0.368 e. The fraction of sp³-hybridized carbons (Fsp3) is 0.636. The standard InChI is InChI=1S/C11H18N4/c1-7-6-10(15-11(12)13-7)14-8(2)9-4-3-5-9/h6,8-9H,3-5H2,1-2H3,(H3,12,13,14,15). The maximum absolute atomic E-state index is 5.60. The van der Waals surface area contributed by atoms with E-state index in [1.54, 1.807) is 0 Å². The van der Waals surface area contributed by atoms with Gasteiger partial charge in [0.1, 0.15) is 5.82 Å². The molecular formula is C11H18N4. The van der Waals surface area contributed by atoms with E-state index in [4.69, 9.17) is 5.73 Å². The molecule has 2 rings (SSSR count). The average Bonchev–Trinajstić information content (AvgIpc) is 1.96. The SMILES string of the molecule is Cc1cc(NC(C)C2CCC2)nc(N)n1. The van der Waals surface area contributed by atoms with E-state index in [1.807, 2.05) is 13.0 Å². The summed E-state index contributed by atoms with van der Waals surface area (Å²) in [6.07, 6.45) is 4.02. The van der Waals surface area contributed by atoms with Crippen molar-refractivity contribution in [2.24, 2.45) is 5.92 Å². The minimum atomic E-state index is 0.346. The van der Waals surface area contributed by atoms with Gasteiger partial charge in [-0.15, -0.1) is 0 Å². The molecule has 1 aliphatic rings. The molecule has 0 aromatic carbocycles. The van der Waals surface area contributed by atoms with Crippen molar-refractivity contribution >= 4 is 11.8 Å². The van der Waals surface area contributed by atoms with Crippen LogP contribution in [0.15, 0.2) is 6.07 Å². The van der Waals surface area contributed by atoms with Crippen LogP contribution < -0.4 is 11.1 Å². The quantitative estimate of drug-likeness (QED) is 0.793. The Morgan fingerprint density at radius 3 is 2.73 bits per heavy atom. The van der Waals surface area contributed by atoms with E-state index >= 15 is 0 Å². The zero-order chi connectivity index (χ0) is 10.8. The van der Waals surface area contributed by atoms with Crippen molar-refractivity contribution in [1.29, 1.82) is 0 Å². The van der Waals surface area contributed by atoms with Crippen LogP contribution in [0.5, 0.6) is 0 Å². The van der Waals surface area contributed by atoms with Gasteiger partial charge in [-0.3, -0.25) is 0 Å². The molecule has 0 radical (unpaired) electrons. The third-order valence-corrected chi connectivity index (χ3v) is 3.10. The molecule has 1 unspecified atom stereocenters. The van der Waals surface area contributed by atoms with E-state index in [0.29, 0.717) is 12.0 Å². The Bertz CT molecular complexity index is 326. The predicted octanol–water partition coefficient (Wildman–Crippen LogP) is 1.97. The van der Waals surface area contributed by atoms with Crippen molar-refractivity contribution in [2.45, 2.75) is 39.2 Å². The van der Waals surface area contributed by atoms with Gasteiger partial charge in [-0.1, -0.05) is 6.42 Å². The summed E-state index contributed by atoms with van der Waals surface area (Å²) in [6.45, 7) is 4.13. The third-order valence-electron chi connectivity index (χ3n) is 3.10. The summed E-state index contributed by atoms with van der Waals surface area (Å²) in [5.41, 5.74) is 6.50. The van der Waals surface area contributed by atoms with Crippen LogP contribution in [0.4, 0.5) is 11.8 Å². The summed E-state index contributed by atoms with van der Waals surface area (Å²) in [5.74, 6) is 1.99. The van der Waals surface area contributed by atoms with E-state index < -0.39 is 0 Å². The van der Waals surface area contributed by atoms with Crippen LogP contribution in [-0.4, -0.2) is 16.0 Å². The molecule has 1 saturated carbocycles. The monoisotopic (exact) mass is 206 g/mol. The lowest BCUT2D eigenvalue weighted by molar-refractivity contribution is 0.285. The maximum Gasteiger partial charge on any atom is 0.222 e. The molecule has 0 bridgehead atoms. The van der Waals surface area contributed by atoms with Crippen LogP contribution in [-0.2, 0) is 0 Å². The number of nitrogens with one attached hydrogen (secondary N) is 1. The van der Waals surface area contributed by atoms with Gasteiger partial charge in [-0.25, -0.2) is 4.98 Å². The molecule has 1 heterocycles. The van der Waals surface area contributed by atoms with Gasteiger partial charge < -0.3 is 11.1 Å². The number of aryl methyl sites for hydroxylation is 1. The van der Waals surface area contributed by atoms with Crippen molar-refractivity contribution < 1.29 is 0 Å². The van der Waals surface area contributed by atoms with Gasteiger partial charge in [0.25, 0.3) is 0 Å². The normalized spacial score (nSPS) is 18.3. The number of hydrogen-bond acceptors (Lipinski definition) is 4. The molecule has 0 aliphatic heterocycles. The molecule has 0 saturated heterocycles. The van der Waals surface area contributed by atoms with Crippen molar-refractivity contribution in [3.8, 4) is 0 Å². The van der Waals surface area contributed by atoms with Crippen molar-refractivity contribution in [1.82, 2.24) is 9.97 Å². The maximum atomic E-state index is 5.60. The van der Waals surface area contributed by atoms with Crippen LogP contribution >= 0.6 is 0 Å². The van der Waals surface area contributed by atoms with Crippen molar-refractivity contribution in [3.63, 3.8) is 0 Å². The Morgan fingerprint density at radius 1 is 1.47 bits per heavy atom. The average molecular weight is 206 g/mol. The Hall–Kier alpha value is -1.32. The van der Waals surface area contributed by atoms with Gasteiger partial charge in [0.15, 0.2) is 0 Å². The van der Waals surface area contributed by atoms with Gasteiger partial charge in [0, 0.05) is 17.8 Å². The fourth-order valence-corrected chi connectivity index (χ4v) is 1.96. The van der Waals surface area contributed by atoms with Crippen LogP contribution in [0.25, 0.3) is 0 Å². The lowest BCUT2D eigenvalue weighted by Gasteiger charge is -2.32. The number of nitrogen functional groups attached to an aromatic ring is 1. The molecule has 0 spiro atoms. The smallest absolute Gasteiger partial charge is 0.222 e. The molecular weight excluding hydrogens is 188 g/mol. The van der Waals surface area contributed by atoms with Gasteiger partial charge in [-0.05, 0) is 32.6 Å². The Balaban J connectivity index is 2.02. The van der Waals surface area contributed by atoms with Gasteiger partial charge in [-0.2, -0.15) is 4.98 Å². The molecule has 1 aromatic heterocycles. The van der Waals surface area contributed by atoms with E-state index in [0.717, 1.165) is 17.4 Å². The topological polar surface area (TPSA) is 63.8 Å². The second-order valence-electron chi connectivity index (χ2n) is 4.38. The molecule has 1 fully saturated rings. The Labute approximate surface area is 90.3 Å². The van der Waals surface area contributed by atoms with Crippen LogP contribution in [0, 0.1) is 12.8 Å². The number of anilines is 2. The van der Waals surface area contributed by atoms with Gasteiger partial charge >= 0.3 is 0 Å². The van der Waals surface area contributed by atoms with E-state index in [9.17, 15) is 0 Å². The van der Waals surface area contributed by atoms with Crippen LogP contribution in [0.1, 0.15) is 31.9 Å². The first-order chi connectivity index (χ1) is 7.15. The summed E-state index contributed by atoms with van der Waals surface area (Å²) < 4.78 is 0. The minimum absolute atomic E-state index is 0.346. The summed E-state index contributed by atoms with van der Waals surface area (Å²) in [4.78, 5) is 8.22. The summed E-state index contributed by atoms with van der Waals surface area (Å²) in [7, 11) is 0. The van der Waals surface area contributed by atoms with Gasteiger partial charge in [0.05, 0.1) is 0 Å². The molecule has 15 heavy (non-hydrogen) atoms. The molecule has 0 amide bonds. The molecule has 82 valence electrons. The van der Waals surface area contributed by atoms with Crippen molar-refractivity contribution in [3.05, 3.63) is 11.8 Å². The Morgan fingerprint density at radius 2 is 2.20 bits per heavy atom.